The fourth-order valence-electron chi connectivity index (χ4n) is 3.73. The highest BCUT2D eigenvalue weighted by molar-refractivity contribution is 5.93. The molecule has 31 heavy (non-hydrogen) atoms. The number of nitro benzene ring substituents is 1. The van der Waals surface area contributed by atoms with Crippen molar-refractivity contribution in [3.8, 4) is 11.3 Å². The molecular formula is C20H18F3N5O3. The van der Waals surface area contributed by atoms with E-state index in [1.807, 2.05) is 6.92 Å². The number of piperidine rings is 1. The Morgan fingerprint density at radius 3 is 2.52 bits per heavy atom. The number of halogens is 3. The molecule has 1 amide bonds. The van der Waals surface area contributed by atoms with Gasteiger partial charge in [0, 0.05) is 36.3 Å². The number of rotatable bonds is 3. The minimum absolute atomic E-state index is 0.0169. The lowest BCUT2D eigenvalue weighted by atomic mass is 10.0. The van der Waals surface area contributed by atoms with Gasteiger partial charge in [-0.25, -0.2) is 9.50 Å². The number of alkyl halides is 3. The first-order chi connectivity index (χ1) is 14.6. The number of nitrogens with zero attached hydrogens (tertiary/aromatic N) is 5. The average Bonchev–Trinajstić information content (AvgIpc) is 3.16. The van der Waals surface area contributed by atoms with Crippen LogP contribution < -0.4 is 0 Å². The second-order valence-electron chi connectivity index (χ2n) is 7.47. The lowest BCUT2D eigenvalue weighted by molar-refractivity contribution is -0.384. The van der Waals surface area contributed by atoms with Gasteiger partial charge in [0.15, 0.2) is 17.0 Å². The summed E-state index contributed by atoms with van der Waals surface area (Å²) in [6.45, 7) is 2.43. The van der Waals surface area contributed by atoms with Crippen molar-refractivity contribution in [2.75, 3.05) is 6.54 Å². The Balaban J connectivity index is 1.80. The number of non-ortho nitro benzene ring substituents is 1. The van der Waals surface area contributed by atoms with Gasteiger partial charge in [0.2, 0.25) is 0 Å². The lowest BCUT2D eigenvalue weighted by Gasteiger charge is -2.32. The van der Waals surface area contributed by atoms with Crippen LogP contribution in [0.5, 0.6) is 0 Å². The molecule has 1 aliphatic heterocycles. The molecule has 162 valence electrons. The third-order valence-corrected chi connectivity index (χ3v) is 5.37. The van der Waals surface area contributed by atoms with Crippen molar-refractivity contribution in [1.82, 2.24) is 19.5 Å². The van der Waals surface area contributed by atoms with Crippen LogP contribution in [0.4, 0.5) is 18.9 Å². The summed E-state index contributed by atoms with van der Waals surface area (Å²) < 4.78 is 41.8. The van der Waals surface area contributed by atoms with Gasteiger partial charge in [-0.2, -0.15) is 18.3 Å². The highest BCUT2D eigenvalue weighted by Crippen LogP contribution is 2.33. The number of hydrogen-bond acceptors (Lipinski definition) is 5. The van der Waals surface area contributed by atoms with Crippen LogP contribution in [0.25, 0.3) is 16.9 Å². The molecular weight excluding hydrogens is 415 g/mol. The maximum atomic E-state index is 13.7. The first kappa shape index (κ1) is 20.8. The van der Waals surface area contributed by atoms with Crippen molar-refractivity contribution in [3.05, 3.63) is 57.9 Å². The number of amides is 1. The molecule has 4 rings (SSSR count). The zero-order valence-electron chi connectivity index (χ0n) is 16.5. The number of hydrogen-bond donors (Lipinski definition) is 0. The summed E-state index contributed by atoms with van der Waals surface area (Å²) in [5.41, 5.74) is -1.26. The van der Waals surface area contributed by atoms with Gasteiger partial charge < -0.3 is 4.90 Å². The standard InChI is InChI=1S/C20H18F3N5O3/c1-12-4-2-3-9-26(12)19(29)16-11-18-24-15(10-17(20(21,22)23)27(18)25-16)13-5-7-14(8-6-13)28(30)31/h5-8,10-12H,2-4,9H2,1H3/t12-/m1/s1. The highest BCUT2D eigenvalue weighted by Gasteiger charge is 2.36. The van der Waals surface area contributed by atoms with E-state index in [4.69, 9.17) is 0 Å². The summed E-state index contributed by atoms with van der Waals surface area (Å²) in [5.74, 6) is -0.428. The van der Waals surface area contributed by atoms with Gasteiger partial charge in [-0.05, 0) is 44.4 Å². The average molecular weight is 433 g/mol. The van der Waals surface area contributed by atoms with Crippen LogP contribution in [0.3, 0.4) is 0 Å². The molecule has 1 saturated heterocycles. The number of fused-ring (bicyclic) bond motifs is 1. The summed E-state index contributed by atoms with van der Waals surface area (Å²) >= 11 is 0. The van der Waals surface area contributed by atoms with Gasteiger partial charge in [-0.3, -0.25) is 14.9 Å². The van der Waals surface area contributed by atoms with Crippen molar-refractivity contribution in [2.24, 2.45) is 0 Å². The first-order valence-corrected chi connectivity index (χ1v) is 9.69. The van der Waals surface area contributed by atoms with Gasteiger partial charge in [0.25, 0.3) is 11.6 Å². The van der Waals surface area contributed by atoms with Crippen molar-refractivity contribution in [1.29, 1.82) is 0 Å². The summed E-state index contributed by atoms with van der Waals surface area (Å²) in [6, 6.07) is 7.09. The molecule has 8 nitrogen and oxygen atoms in total. The molecule has 0 radical (unpaired) electrons. The van der Waals surface area contributed by atoms with E-state index in [-0.39, 0.29) is 34.3 Å². The van der Waals surface area contributed by atoms with Crippen LogP contribution >= 0.6 is 0 Å². The molecule has 0 aliphatic carbocycles. The van der Waals surface area contributed by atoms with Crippen LogP contribution in [0.2, 0.25) is 0 Å². The SMILES string of the molecule is C[C@@H]1CCCCN1C(=O)c1cc2nc(-c3ccc([N+](=O)[O-])cc3)cc(C(F)(F)F)n2n1. The van der Waals surface area contributed by atoms with E-state index in [0.717, 1.165) is 25.3 Å². The zero-order chi connectivity index (χ0) is 22.3. The molecule has 11 heteroatoms. The molecule has 3 heterocycles. The minimum Gasteiger partial charge on any atom is -0.335 e. The van der Waals surface area contributed by atoms with Crippen LogP contribution in [-0.4, -0.2) is 42.9 Å². The molecule has 0 N–H and O–H groups in total. The minimum atomic E-state index is -4.75. The first-order valence-electron chi connectivity index (χ1n) is 9.69. The Hall–Kier alpha value is -3.50. The number of nitro groups is 1. The molecule has 1 fully saturated rings. The maximum absolute atomic E-state index is 13.7. The summed E-state index contributed by atoms with van der Waals surface area (Å²) in [5, 5.41) is 14.7. The molecule has 0 bridgehead atoms. The molecule has 0 unspecified atom stereocenters. The largest absolute Gasteiger partial charge is 0.433 e. The van der Waals surface area contributed by atoms with Gasteiger partial charge in [-0.1, -0.05) is 0 Å². The Morgan fingerprint density at radius 1 is 1.19 bits per heavy atom. The predicted octanol–water partition coefficient (Wildman–Crippen LogP) is 4.34. The van der Waals surface area contributed by atoms with Crippen LogP contribution in [-0.2, 0) is 6.18 Å². The summed E-state index contributed by atoms with van der Waals surface area (Å²) in [7, 11) is 0. The zero-order valence-corrected chi connectivity index (χ0v) is 16.5. The normalized spacial score (nSPS) is 17.2. The number of likely N-dealkylation sites (tertiary alicyclic amines) is 1. The number of carbonyl (C=O) groups excluding carboxylic acids is 1. The van der Waals surface area contributed by atoms with E-state index in [1.165, 1.54) is 30.3 Å². The fourth-order valence-corrected chi connectivity index (χ4v) is 3.73. The fraction of sp³-hybridized carbons (Fsp3) is 0.350. The quantitative estimate of drug-likeness (QED) is 0.453. The van der Waals surface area contributed by atoms with Crippen molar-refractivity contribution >= 4 is 17.2 Å². The van der Waals surface area contributed by atoms with Gasteiger partial charge >= 0.3 is 6.18 Å². The molecule has 2 aromatic heterocycles. The predicted molar refractivity (Wildman–Crippen MR) is 104 cm³/mol. The van der Waals surface area contributed by atoms with Crippen molar-refractivity contribution < 1.29 is 22.9 Å². The van der Waals surface area contributed by atoms with Crippen LogP contribution in [0.1, 0.15) is 42.4 Å². The highest BCUT2D eigenvalue weighted by atomic mass is 19.4. The third kappa shape index (κ3) is 3.94. The molecule has 1 aliphatic rings. The van der Waals surface area contributed by atoms with E-state index in [0.29, 0.717) is 11.1 Å². The Morgan fingerprint density at radius 2 is 1.90 bits per heavy atom. The Kier molecular flexibility index (Phi) is 5.11. The lowest BCUT2D eigenvalue weighted by Crippen LogP contribution is -2.42. The van der Waals surface area contributed by atoms with E-state index < -0.39 is 22.7 Å². The maximum Gasteiger partial charge on any atom is 0.433 e. The number of carbonyl (C=O) groups is 1. The molecule has 1 aromatic carbocycles. The molecule has 0 saturated carbocycles. The number of benzene rings is 1. The number of aromatic nitrogens is 3. The van der Waals surface area contributed by atoms with Gasteiger partial charge in [0.05, 0.1) is 10.6 Å². The monoisotopic (exact) mass is 433 g/mol. The third-order valence-electron chi connectivity index (χ3n) is 5.37. The topological polar surface area (TPSA) is 93.6 Å². The Labute approximate surface area is 174 Å². The van der Waals surface area contributed by atoms with Crippen molar-refractivity contribution in [2.45, 2.75) is 38.4 Å². The van der Waals surface area contributed by atoms with Crippen molar-refractivity contribution in [3.63, 3.8) is 0 Å². The van der Waals surface area contributed by atoms with Crippen LogP contribution in [0, 0.1) is 10.1 Å². The van der Waals surface area contributed by atoms with E-state index in [1.54, 1.807) is 4.90 Å². The van der Waals surface area contributed by atoms with Crippen LogP contribution in [0.15, 0.2) is 36.4 Å². The second-order valence-corrected chi connectivity index (χ2v) is 7.47. The smallest absolute Gasteiger partial charge is 0.335 e. The van der Waals surface area contributed by atoms with E-state index in [2.05, 4.69) is 10.1 Å². The van der Waals surface area contributed by atoms with E-state index >= 15 is 0 Å². The summed E-state index contributed by atoms with van der Waals surface area (Å²) in [4.78, 5) is 28.9. The Bertz CT molecular complexity index is 1160. The van der Waals surface area contributed by atoms with Gasteiger partial charge in [-0.15, -0.1) is 0 Å². The van der Waals surface area contributed by atoms with Gasteiger partial charge in [0.1, 0.15) is 0 Å². The second kappa shape index (κ2) is 7.64. The van der Waals surface area contributed by atoms with E-state index in [9.17, 15) is 28.1 Å². The molecule has 0 spiro atoms. The summed E-state index contributed by atoms with van der Waals surface area (Å²) in [6.07, 6.45) is -2.09. The molecule has 1 atom stereocenters. The molecule has 3 aromatic rings.